The quantitative estimate of drug-likeness (QED) is 0.750. The molecule has 3 heterocycles. The summed E-state index contributed by atoms with van der Waals surface area (Å²) in [5.41, 5.74) is 4.31. The van der Waals surface area contributed by atoms with Crippen LogP contribution in [0.15, 0.2) is 12.5 Å². The number of amides is 2. The van der Waals surface area contributed by atoms with Crippen LogP contribution in [0.25, 0.3) is 0 Å². The molecule has 1 saturated heterocycles. The molecule has 0 radical (unpaired) electrons. The van der Waals surface area contributed by atoms with E-state index in [-0.39, 0.29) is 17.9 Å². The highest BCUT2D eigenvalue weighted by molar-refractivity contribution is 5.95. The Morgan fingerprint density at radius 3 is 2.66 bits per heavy atom. The first-order valence-electron chi connectivity index (χ1n) is 12.1. The Bertz CT molecular complexity index is 973. The minimum absolute atomic E-state index is 0.0524. The summed E-state index contributed by atoms with van der Waals surface area (Å²) in [6.07, 6.45) is 14.4. The predicted molar refractivity (Wildman–Crippen MR) is 119 cm³/mol. The van der Waals surface area contributed by atoms with E-state index in [0.29, 0.717) is 17.2 Å². The minimum atomic E-state index is -0.0524. The summed E-state index contributed by atoms with van der Waals surface area (Å²) < 4.78 is 0. The highest BCUT2D eigenvalue weighted by atomic mass is 16.2. The van der Waals surface area contributed by atoms with Crippen LogP contribution in [0.3, 0.4) is 0 Å². The van der Waals surface area contributed by atoms with Crippen molar-refractivity contribution in [1.82, 2.24) is 30.4 Å². The number of aryl methyl sites for hydroxylation is 1. The Labute approximate surface area is 188 Å². The molecule has 2 fully saturated rings. The molecule has 8 nitrogen and oxygen atoms in total. The molecule has 0 unspecified atom stereocenters. The number of aromatic nitrogens is 4. The maximum atomic E-state index is 13.1. The second-order valence-electron chi connectivity index (χ2n) is 9.51. The number of carbonyl (C=O) groups excluding carboxylic acids is 2. The molecule has 32 heavy (non-hydrogen) atoms. The van der Waals surface area contributed by atoms with Gasteiger partial charge in [-0.2, -0.15) is 5.10 Å². The molecule has 0 atom stereocenters. The van der Waals surface area contributed by atoms with Crippen LogP contribution in [0.5, 0.6) is 0 Å². The van der Waals surface area contributed by atoms with Gasteiger partial charge in [0.25, 0.3) is 11.8 Å². The van der Waals surface area contributed by atoms with E-state index >= 15 is 0 Å². The number of hydrogen-bond donors (Lipinski definition) is 2. The van der Waals surface area contributed by atoms with Crippen molar-refractivity contribution in [3.8, 4) is 0 Å². The fraction of sp³-hybridized carbons (Fsp3) is 0.625. The SMILES string of the molecule is O=C(NC1CCCC1)c1cncnc1CC1CCN(C(=O)c2n[nH]c3c2CCCC3)CC1. The van der Waals surface area contributed by atoms with Crippen molar-refractivity contribution in [2.24, 2.45) is 5.92 Å². The first kappa shape index (κ1) is 21.1. The number of likely N-dealkylation sites (tertiary alicyclic amines) is 1. The van der Waals surface area contributed by atoms with Gasteiger partial charge in [-0.25, -0.2) is 9.97 Å². The number of nitrogens with zero attached hydrogens (tertiary/aromatic N) is 4. The lowest BCUT2D eigenvalue weighted by Crippen LogP contribution is -2.39. The molecular formula is C24H32N6O2. The van der Waals surface area contributed by atoms with Gasteiger partial charge in [0.15, 0.2) is 5.69 Å². The molecule has 0 bridgehead atoms. The third kappa shape index (κ3) is 4.40. The normalized spacial score (nSPS) is 19.7. The van der Waals surface area contributed by atoms with Gasteiger partial charge < -0.3 is 10.2 Å². The van der Waals surface area contributed by atoms with Gasteiger partial charge in [0.2, 0.25) is 0 Å². The van der Waals surface area contributed by atoms with Crippen LogP contribution >= 0.6 is 0 Å². The van der Waals surface area contributed by atoms with Gasteiger partial charge in [-0.15, -0.1) is 0 Å². The molecule has 1 aliphatic heterocycles. The number of aromatic amines is 1. The van der Waals surface area contributed by atoms with Crippen LogP contribution in [-0.4, -0.2) is 56.0 Å². The molecular weight excluding hydrogens is 404 g/mol. The van der Waals surface area contributed by atoms with Gasteiger partial charge in [0, 0.05) is 36.6 Å². The summed E-state index contributed by atoms with van der Waals surface area (Å²) in [4.78, 5) is 36.4. The highest BCUT2D eigenvalue weighted by Gasteiger charge is 2.30. The topological polar surface area (TPSA) is 104 Å². The van der Waals surface area contributed by atoms with Crippen LogP contribution in [0.2, 0.25) is 0 Å². The smallest absolute Gasteiger partial charge is 0.274 e. The maximum absolute atomic E-state index is 13.1. The van der Waals surface area contributed by atoms with E-state index < -0.39 is 0 Å². The molecule has 0 spiro atoms. The number of carbonyl (C=O) groups is 2. The zero-order chi connectivity index (χ0) is 21.9. The number of nitrogens with one attached hydrogen (secondary N) is 2. The molecule has 2 aliphatic carbocycles. The number of hydrogen-bond acceptors (Lipinski definition) is 5. The lowest BCUT2D eigenvalue weighted by Gasteiger charge is -2.32. The van der Waals surface area contributed by atoms with Gasteiger partial charge in [-0.1, -0.05) is 12.8 Å². The van der Waals surface area contributed by atoms with Crippen molar-refractivity contribution in [2.45, 2.75) is 76.7 Å². The Balaban J connectivity index is 1.19. The molecule has 2 aromatic rings. The second-order valence-corrected chi connectivity index (χ2v) is 9.51. The van der Waals surface area contributed by atoms with E-state index in [1.165, 1.54) is 19.2 Å². The van der Waals surface area contributed by atoms with Crippen molar-refractivity contribution < 1.29 is 9.59 Å². The van der Waals surface area contributed by atoms with Gasteiger partial charge in [0.1, 0.15) is 6.33 Å². The number of H-pyrrole nitrogens is 1. The van der Waals surface area contributed by atoms with Crippen LogP contribution in [0.1, 0.15) is 89.2 Å². The standard InChI is InChI=1S/C24H32N6O2/c31-23(27-17-5-1-2-6-17)19-14-25-15-26-21(19)13-16-9-11-30(12-10-16)24(32)22-18-7-3-4-8-20(18)28-29-22/h14-17H,1-13H2,(H,27,31)(H,28,29). The summed E-state index contributed by atoms with van der Waals surface area (Å²) in [5, 5.41) is 10.6. The van der Waals surface area contributed by atoms with E-state index in [0.717, 1.165) is 87.8 Å². The molecule has 5 rings (SSSR count). The van der Waals surface area contributed by atoms with Crippen molar-refractivity contribution in [3.63, 3.8) is 0 Å². The van der Waals surface area contributed by atoms with Crippen molar-refractivity contribution in [3.05, 3.63) is 40.7 Å². The average molecular weight is 437 g/mol. The number of fused-ring (bicyclic) bond motifs is 1. The van der Waals surface area contributed by atoms with Crippen LogP contribution < -0.4 is 5.32 Å². The van der Waals surface area contributed by atoms with Crippen LogP contribution in [0.4, 0.5) is 0 Å². The summed E-state index contributed by atoms with van der Waals surface area (Å²) in [6.45, 7) is 1.44. The fourth-order valence-electron chi connectivity index (χ4n) is 5.46. The van der Waals surface area contributed by atoms with Gasteiger partial charge in [-0.05, 0) is 63.7 Å². The molecule has 2 amide bonds. The second kappa shape index (κ2) is 9.38. The zero-order valence-electron chi connectivity index (χ0n) is 18.6. The first-order valence-corrected chi connectivity index (χ1v) is 12.1. The van der Waals surface area contributed by atoms with E-state index in [2.05, 4.69) is 25.5 Å². The Hall–Kier alpha value is -2.77. The molecule has 3 aliphatic rings. The highest BCUT2D eigenvalue weighted by Crippen LogP contribution is 2.27. The molecule has 1 saturated carbocycles. The zero-order valence-corrected chi connectivity index (χ0v) is 18.6. The van der Waals surface area contributed by atoms with Gasteiger partial charge in [-0.3, -0.25) is 14.7 Å². The third-order valence-corrected chi connectivity index (χ3v) is 7.37. The lowest BCUT2D eigenvalue weighted by molar-refractivity contribution is 0.0683. The van der Waals surface area contributed by atoms with Gasteiger partial charge >= 0.3 is 0 Å². The fourth-order valence-corrected chi connectivity index (χ4v) is 5.46. The largest absolute Gasteiger partial charge is 0.349 e. The number of piperidine rings is 1. The molecule has 170 valence electrons. The first-order chi connectivity index (χ1) is 15.7. The molecule has 8 heteroatoms. The van der Waals surface area contributed by atoms with E-state index in [1.807, 2.05) is 4.90 Å². The van der Waals surface area contributed by atoms with Crippen molar-refractivity contribution in [2.75, 3.05) is 13.1 Å². The summed E-state index contributed by atoms with van der Waals surface area (Å²) >= 11 is 0. The minimum Gasteiger partial charge on any atom is -0.349 e. The Morgan fingerprint density at radius 1 is 1.06 bits per heavy atom. The Morgan fingerprint density at radius 2 is 1.84 bits per heavy atom. The lowest BCUT2D eigenvalue weighted by atomic mass is 9.90. The summed E-state index contributed by atoms with van der Waals surface area (Å²) in [7, 11) is 0. The predicted octanol–water partition coefficient (Wildman–Crippen LogP) is 2.85. The molecule has 0 aromatic carbocycles. The summed E-state index contributed by atoms with van der Waals surface area (Å²) in [6, 6.07) is 0.276. The average Bonchev–Trinajstić information content (AvgIpc) is 3.49. The van der Waals surface area contributed by atoms with Crippen LogP contribution in [-0.2, 0) is 19.3 Å². The molecule has 2 aromatic heterocycles. The summed E-state index contributed by atoms with van der Waals surface area (Å²) in [5.74, 6) is 0.407. The molecule has 2 N–H and O–H groups in total. The Kier molecular flexibility index (Phi) is 6.19. The van der Waals surface area contributed by atoms with E-state index in [9.17, 15) is 9.59 Å². The third-order valence-electron chi connectivity index (χ3n) is 7.37. The van der Waals surface area contributed by atoms with E-state index in [1.54, 1.807) is 6.20 Å². The maximum Gasteiger partial charge on any atom is 0.274 e. The van der Waals surface area contributed by atoms with Crippen molar-refractivity contribution in [1.29, 1.82) is 0 Å². The van der Waals surface area contributed by atoms with Crippen LogP contribution in [0, 0.1) is 5.92 Å². The van der Waals surface area contributed by atoms with Crippen molar-refractivity contribution >= 4 is 11.8 Å². The van der Waals surface area contributed by atoms with Gasteiger partial charge in [0.05, 0.1) is 11.3 Å². The number of rotatable bonds is 5. The monoisotopic (exact) mass is 436 g/mol. The van der Waals surface area contributed by atoms with E-state index in [4.69, 9.17) is 0 Å².